The molecule has 1 aromatic heterocycles. The van der Waals surface area contributed by atoms with Gasteiger partial charge in [0, 0.05) is 5.56 Å². The summed E-state index contributed by atoms with van der Waals surface area (Å²) >= 11 is 6.26. The standard InChI is InChI=1S/C15H16ClN5/c1-15(2,3)8-4-5-11(16)9(6-8)12-10(7-17)13(18)21-14(19)20-12/h4-6H,1-3H3,(H4,18,19,20,21). The largest absolute Gasteiger partial charge is 0.382 e. The summed E-state index contributed by atoms with van der Waals surface area (Å²) in [6.45, 7) is 6.27. The number of halogens is 1. The maximum absolute atomic E-state index is 9.28. The molecule has 0 aliphatic heterocycles. The highest BCUT2D eigenvalue weighted by atomic mass is 35.5. The number of nitrogens with two attached hydrogens (primary N) is 2. The summed E-state index contributed by atoms with van der Waals surface area (Å²) in [6, 6.07) is 7.65. The number of aromatic nitrogens is 2. The van der Waals surface area contributed by atoms with E-state index in [-0.39, 0.29) is 22.7 Å². The Bertz CT molecular complexity index is 741. The van der Waals surface area contributed by atoms with Crippen molar-refractivity contribution in [3.05, 3.63) is 34.3 Å². The lowest BCUT2D eigenvalue weighted by Gasteiger charge is -2.20. The smallest absolute Gasteiger partial charge is 0.222 e. The van der Waals surface area contributed by atoms with Gasteiger partial charge in [-0.2, -0.15) is 10.2 Å². The molecule has 0 aliphatic rings. The molecule has 2 rings (SSSR count). The van der Waals surface area contributed by atoms with Crippen molar-refractivity contribution in [3.8, 4) is 17.3 Å². The molecule has 1 heterocycles. The van der Waals surface area contributed by atoms with Crippen LogP contribution in [0, 0.1) is 11.3 Å². The molecule has 0 spiro atoms. The Morgan fingerprint density at radius 3 is 2.43 bits per heavy atom. The molecular formula is C15H16ClN5. The third-order valence-electron chi connectivity index (χ3n) is 3.15. The number of nitrogen functional groups attached to an aromatic ring is 2. The van der Waals surface area contributed by atoms with E-state index >= 15 is 0 Å². The van der Waals surface area contributed by atoms with E-state index in [1.807, 2.05) is 18.2 Å². The van der Waals surface area contributed by atoms with Gasteiger partial charge < -0.3 is 11.5 Å². The highest BCUT2D eigenvalue weighted by Crippen LogP contribution is 2.34. The molecule has 0 atom stereocenters. The first-order chi connectivity index (χ1) is 9.74. The Labute approximate surface area is 128 Å². The summed E-state index contributed by atoms with van der Waals surface area (Å²) in [7, 11) is 0. The molecule has 0 saturated heterocycles. The van der Waals surface area contributed by atoms with Crippen LogP contribution < -0.4 is 11.5 Å². The predicted octanol–water partition coefficient (Wildman–Crippen LogP) is 3.13. The number of anilines is 2. The van der Waals surface area contributed by atoms with Crippen LogP contribution in [0.25, 0.3) is 11.3 Å². The first kappa shape index (κ1) is 15.1. The van der Waals surface area contributed by atoms with E-state index in [1.54, 1.807) is 6.07 Å². The molecular weight excluding hydrogens is 286 g/mol. The third kappa shape index (κ3) is 2.91. The lowest BCUT2D eigenvalue weighted by atomic mass is 9.85. The van der Waals surface area contributed by atoms with Gasteiger partial charge in [0.15, 0.2) is 0 Å². The van der Waals surface area contributed by atoms with Gasteiger partial charge in [-0.3, -0.25) is 0 Å². The molecule has 0 unspecified atom stereocenters. The molecule has 5 nitrogen and oxygen atoms in total. The number of hydrogen-bond acceptors (Lipinski definition) is 5. The monoisotopic (exact) mass is 301 g/mol. The Hall–Kier alpha value is -2.32. The molecule has 4 N–H and O–H groups in total. The van der Waals surface area contributed by atoms with Crippen molar-refractivity contribution in [1.82, 2.24) is 9.97 Å². The van der Waals surface area contributed by atoms with Crippen molar-refractivity contribution in [2.75, 3.05) is 11.5 Å². The molecule has 0 aliphatic carbocycles. The van der Waals surface area contributed by atoms with Crippen molar-refractivity contribution in [1.29, 1.82) is 5.26 Å². The van der Waals surface area contributed by atoms with E-state index < -0.39 is 0 Å². The number of nitriles is 1. The zero-order chi connectivity index (χ0) is 15.8. The van der Waals surface area contributed by atoms with Gasteiger partial charge >= 0.3 is 0 Å². The summed E-state index contributed by atoms with van der Waals surface area (Å²) in [5.41, 5.74) is 13.6. The molecule has 0 saturated carbocycles. The van der Waals surface area contributed by atoms with Crippen LogP contribution in [0.4, 0.5) is 11.8 Å². The van der Waals surface area contributed by atoms with Crippen molar-refractivity contribution in [3.63, 3.8) is 0 Å². The van der Waals surface area contributed by atoms with Crippen molar-refractivity contribution >= 4 is 23.4 Å². The van der Waals surface area contributed by atoms with Crippen molar-refractivity contribution in [2.45, 2.75) is 26.2 Å². The van der Waals surface area contributed by atoms with Gasteiger partial charge in [-0.25, -0.2) is 4.98 Å². The zero-order valence-corrected chi connectivity index (χ0v) is 12.9. The Morgan fingerprint density at radius 2 is 1.86 bits per heavy atom. The zero-order valence-electron chi connectivity index (χ0n) is 12.1. The second-order valence-corrected chi connectivity index (χ2v) is 6.15. The van der Waals surface area contributed by atoms with Crippen molar-refractivity contribution < 1.29 is 0 Å². The Balaban J connectivity index is 2.76. The van der Waals surface area contributed by atoms with Gasteiger partial charge in [0.25, 0.3) is 0 Å². The first-order valence-electron chi connectivity index (χ1n) is 6.37. The second kappa shape index (κ2) is 5.23. The highest BCUT2D eigenvalue weighted by molar-refractivity contribution is 6.33. The molecule has 6 heteroatoms. The summed E-state index contributed by atoms with van der Waals surface area (Å²) in [4.78, 5) is 7.95. The lowest BCUT2D eigenvalue weighted by Crippen LogP contribution is -2.11. The second-order valence-electron chi connectivity index (χ2n) is 5.75. The van der Waals surface area contributed by atoms with Gasteiger partial charge in [-0.05, 0) is 23.1 Å². The third-order valence-corrected chi connectivity index (χ3v) is 3.48. The van der Waals surface area contributed by atoms with Gasteiger partial charge in [-0.1, -0.05) is 38.4 Å². The summed E-state index contributed by atoms with van der Waals surface area (Å²) < 4.78 is 0. The van der Waals surface area contributed by atoms with E-state index in [0.717, 1.165) is 5.56 Å². The molecule has 21 heavy (non-hydrogen) atoms. The number of hydrogen-bond donors (Lipinski definition) is 2. The minimum Gasteiger partial charge on any atom is -0.382 e. The average molecular weight is 302 g/mol. The van der Waals surface area contributed by atoms with Crippen LogP contribution >= 0.6 is 11.6 Å². The van der Waals surface area contributed by atoms with E-state index in [2.05, 4.69) is 30.7 Å². The van der Waals surface area contributed by atoms with Gasteiger partial charge in [-0.15, -0.1) is 0 Å². The van der Waals surface area contributed by atoms with Crippen LogP contribution in [-0.4, -0.2) is 9.97 Å². The van der Waals surface area contributed by atoms with Crippen molar-refractivity contribution in [2.24, 2.45) is 0 Å². The fraction of sp³-hybridized carbons (Fsp3) is 0.267. The summed E-state index contributed by atoms with van der Waals surface area (Å²) in [6.07, 6.45) is 0. The Kier molecular flexibility index (Phi) is 3.75. The van der Waals surface area contributed by atoms with E-state index in [1.165, 1.54) is 0 Å². The van der Waals surface area contributed by atoms with Crippen LogP contribution in [0.15, 0.2) is 18.2 Å². The van der Waals surface area contributed by atoms with Crippen LogP contribution in [0.3, 0.4) is 0 Å². The van der Waals surface area contributed by atoms with Gasteiger partial charge in [0.2, 0.25) is 5.95 Å². The van der Waals surface area contributed by atoms with E-state index in [4.69, 9.17) is 23.1 Å². The maximum atomic E-state index is 9.28. The molecule has 108 valence electrons. The topological polar surface area (TPSA) is 102 Å². The number of benzene rings is 1. The van der Waals surface area contributed by atoms with Crippen LogP contribution in [0.2, 0.25) is 5.02 Å². The van der Waals surface area contributed by atoms with Gasteiger partial charge in [0.05, 0.1) is 10.7 Å². The SMILES string of the molecule is CC(C)(C)c1ccc(Cl)c(-c2nc(N)nc(N)c2C#N)c1. The molecule has 0 amide bonds. The molecule has 0 bridgehead atoms. The fourth-order valence-electron chi connectivity index (χ4n) is 1.97. The maximum Gasteiger partial charge on any atom is 0.222 e. The lowest BCUT2D eigenvalue weighted by molar-refractivity contribution is 0.590. The molecule has 0 radical (unpaired) electrons. The molecule has 2 aromatic rings. The van der Waals surface area contributed by atoms with Crippen LogP contribution in [0.1, 0.15) is 31.9 Å². The minimum absolute atomic E-state index is 0.0127. The summed E-state index contributed by atoms with van der Waals surface area (Å²) in [5, 5.41) is 9.76. The highest BCUT2D eigenvalue weighted by Gasteiger charge is 2.19. The normalized spacial score (nSPS) is 11.2. The molecule has 0 fully saturated rings. The summed E-state index contributed by atoms with van der Waals surface area (Å²) in [5.74, 6) is 0.0657. The first-order valence-corrected chi connectivity index (χ1v) is 6.75. The Morgan fingerprint density at radius 1 is 1.19 bits per heavy atom. The molecule has 1 aromatic carbocycles. The minimum atomic E-state index is -0.0593. The van der Waals surface area contributed by atoms with E-state index in [0.29, 0.717) is 16.3 Å². The van der Waals surface area contributed by atoms with Gasteiger partial charge in [0.1, 0.15) is 17.5 Å². The number of nitrogens with zero attached hydrogens (tertiary/aromatic N) is 3. The predicted molar refractivity (Wildman–Crippen MR) is 84.7 cm³/mol. The van der Waals surface area contributed by atoms with Crippen LogP contribution in [0.5, 0.6) is 0 Å². The average Bonchev–Trinajstić information content (AvgIpc) is 2.37. The van der Waals surface area contributed by atoms with E-state index in [9.17, 15) is 5.26 Å². The van der Waals surface area contributed by atoms with Crippen LogP contribution in [-0.2, 0) is 5.41 Å². The fourth-order valence-corrected chi connectivity index (χ4v) is 2.18. The quantitative estimate of drug-likeness (QED) is 0.842. The number of rotatable bonds is 1.